The number of nitrogens with zero attached hydrogens (tertiary/aromatic N) is 12. The van der Waals surface area contributed by atoms with Crippen LogP contribution in [0.5, 0.6) is 0 Å². The second kappa shape index (κ2) is 23.0. The Morgan fingerprint density at radius 1 is 0.549 bits per heavy atom. The number of aryl methyl sites for hydroxylation is 4. The molecule has 0 radical (unpaired) electrons. The van der Waals surface area contributed by atoms with Crippen molar-refractivity contribution in [2.45, 2.75) is 33.6 Å². The van der Waals surface area contributed by atoms with Gasteiger partial charge in [-0.15, -0.1) is 21.8 Å². The minimum atomic E-state index is -0.446. The number of benzene rings is 5. The number of aromatic nitrogens is 10. The summed E-state index contributed by atoms with van der Waals surface area (Å²) < 4.78 is 3.55. The van der Waals surface area contributed by atoms with E-state index in [1.165, 1.54) is 15.9 Å². The van der Waals surface area contributed by atoms with Gasteiger partial charge in [0.2, 0.25) is 0 Å². The Balaban J connectivity index is 0.000000131. The number of nitriles is 2. The second-order valence-electron chi connectivity index (χ2n) is 15.9. The lowest BCUT2D eigenvalue weighted by molar-refractivity contribution is 0.111. The topological polar surface area (TPSA) is 177 Å². The van der Waals surface area contributed by atoms with Gasteiger partial charge in [0.25, 0.3) is 0 Å². The lowest BCUT2D eigenvalue weighted by Gasteiger charge is -2.18. The molecule has 15 heteroatoms. The molecule has 71 heavy (non-hydrogen) atoms. The Kier molecular flexibility index (Phi) is 15.7. The van der Waals surface area contributed by atoms with Crippen LogP contribution in [0.3, 0.4) is 0 Å². The van der Waals surface area contributed by atoms with E-state index in [1.807, 2.05) is 64.1 Å². The third kappa shape index (κ3) is 11.9. The maximum atomic E-state index is 10.5. The van der Waals surface area contributed by atoms with Gasteiger partial charge in [-0.25, -0.2) is 29.0 Å². The first kappa shape index (κ1) is 48.6. The molecule has 0 bridgehead atoms. The maximum absolute atomic E-state index is 10.5. The molecule has 0 fully saturated rings. The van der Waals surface area contributed by atoms with Crippen molar-refractivity contribution in [3.8, 4) is 12.1 Å². The van der Waals surface area contributed by atoms with Gasteiger partial charge < -0.3 is 0 Å². The van der Waals surface area contributed by atoms with E-state index in [1.54, 1.807) is 57.8 Å². The van der Waals surface area contributed by atoms with Crippen LogP contribution >= 0.6 is 19.5 Å². The summed E-state index contributed by atoms with van der Waals surface area (Å²) in [6.45, 7) is 7.70. The maximum Gasteiger partial charge on any atom is 0.177 e. The van der Waals surface area contributed by atoms with Crippen LogP contribution in [0.1, 0.15) is 61.7 Å². The highest BCUT2D eigenvalue weighted by Crippen LogP contribution is 2.32. The van der Waals surface area contributed by atoms with E-state index in [0.29, 0.717) is 40.6 Å². The third-order valence-corrected chi connectivity index (χ3v) is 13.5. The van der Waals surface area contributed by atoms with E-state index < -0.39 is 7.92 Å². The minimum Gasteiger partial charge on any atom is -0.296 e. The molecule has 0 aliphatic rings. The van der Waals surface area contributed by atoms with E-state index in [9.17, 15) is 4.79 Å². The number of hydrogen-bond acceptors (Lipinski definition) is 11. The van der Waals surface area contributed by atoms with Gasteiger partial charge in [-0.1, -0.05) is 103 Å². The van der Waals surface area contributed by atoms with Gasteiger partial charge >= 0.3 is 0 Å². The van der Waals surface area contributed by atoms with Crippen molar-refractivity contribution in [3.63, 3.8) is 0 Å². The second-order valence-corrected chi connectivity index (χ2v) is 18.4. The molecule has 11 rings (SSSR count). The summed E-state index contributed by atoms with van der Waals surface area (Å²) in [5.41, 5.74) is 9.17. The molecule has 0 unspecified atom stereocenters. The number of aldehydes is 1. The molecule has 0 saturated heterocycles. The van der Waals surface area contributed by atoms with Crippen molar-refractivity contribution in [1.82, 2.24) is 49.1 Å². The van der Waals surface area contributed by atoms with Gasteiger partial charge in [-0.2, -0.15) is 10.5 Å². The Morgan fingerprint density at radius 2 is 1.01 bits per heavy atom. The predicted octanol–water partition coefficient (Wildman–Crippen LogP) is 10.2. The molecule has 6 heterocycles. The van der Waals surface area contributed by atoms with Crippen LogP contribution in [0.2, 0.25) is 0 Å². The van der Waals surface area contributed by atoms with Gasteiger partial charge in [0.1, 0.15) is 5.69 Å². The zero-order valence-corrected chi connectivity index (χ0v) is 40.8. The van der Waals surface area contributed by atoms with Crippen LogP contribution < -0.4 is 15.9 Å². The van der Waals surface area contributed by atoms with Crippen molar-refractivity contribution < 1.29 is 4.79 Å². The van der Waals surface area contributed by atoms with E-state index in [2.05, 4.69) is 143 Å². The largest absolute Gasteiger partial charge is 0.296 e. The van der Waals surface area contributed by atoms with Gasteiger partial charge in [-0.3, -0.25) is 14.8 Å². The molecular formula is C56H44ClN12OP. The van der Waals surface area contributed by atoms with Crippen molar-refractivity contribution >= 4 is 87.0 Å². The number of carbonyl (C=O) groups is 1. The number of pyridine rings is 2. The number of alkyl halides is 1. The average Bonchev–Trinajstić information content (AvgIpc) is 4.09. The summed E-state index contributed by atoms with van der Waals surface area (Å²) in [7, 11) is -0.446. The van der Waals surface area contributed by atoms with Crippen molar-refractivity contribution in [1.29, 1.82) is 10.5 Å². The van der Waals surface area contributed by atoms with Gasteiger partial charge in [0, 0.05) is 23.2 Å². The van der Waals surface area contributed by atoms with Crippen LogP contribution in [0.25, 0.3) is 45.3 Å². The summed E-state index contributed by atoms with van der Waals surface area (Å²) in [6.07, 6.45) is 7.98. The third-order valence-electron chi connectivity index (χ3n) is 10.8. The molecule has 0 spiro atoms. The average molecular weight is 967 g/mol. The first-order valence-electron chi connectivity index (χ1n) is 22.3. The SMILES string of the molecule is Cc1ncc(C)n2nc(/C=C/c3ccc4cc(C#N)ccc4n3)nc12.Cc1ncc(C)n2nc(CCl)nc12.N#Cc1ccc2nc(C=O)ccc2c1.c1ccc(P(c2ccccc2)c2ccccc2)cc1. The van der Waals surface area contributed by atoms with E-state index >= 15 is 0 Å². The zero-order chi connectivity index (χ0) is 49.7. The summed E-state index contributed by atoms with van der Waals surface area (Å²) in [5.74, 6) is 1.59. The molecule has 0 saturated carbocycles. The monoisotopic (exact) mass is 966 g/mol. The summed E-state index contributed by atoms with van der Waals surface area (Å²) in [5, 5.41) is 32.4. The van der Waals surface area contributed by atoms with Gasteiger partial charge in [0.15, 0.2) is 29.2 Å². The van der Waals surface area contributed by atoms with Crippen LogP contribution in [0, 0.1) is 50.4 Å². The van der Waals surface area contributed by atoms with Crippen LogP contribution in [-0.2, 0) is 5.88 Å². The quantitative estimate of drug-likeness (QED) is 0.0844. The lowest BCUT2D eigenvalue weighted by Crippen LogP contribution is -2.20. The van der Waals surface area contributed by atoms with E-state index in [4.69, 9.17) is 22.1 Å². The standard InChI is InChI=1S/C19H14N6.C18H15P.C11H6N2O.C8H9ClN4/c1-12-11-21-13(2)19-23-18(24-25(12)19)8-6-16-5-4-15-9-14(10-20)3-7-17(15)22-16;1-4-10-16(11-5-1)19(17-12-6-2-7-13-17)18-14-8-3-9-15-18;12-6-8-1-4-11-9(5-8)2-3-10(7-14)13-11;1-5-4-10-6(2)8-11-7(3-9)12-13(5)8/h3-9,11H,1-2H3;1-15H;1-5,7H;4H,3H2,1-2H3/b8-6+;;;. The summed E-state index contributed by atoms with van der Waals surface area (Å²) in [6, 6.07) is 54.4. The Hall–Kier alpha value is -8.87. The molecule has 6 aromatic heterocycles. The smallest absolute Gasteiger partial charge is 0.177 e. The molecule has 0 N–H and O–H groups in total. The van der Waals surface area contributed by atoms with Crippen molar-refractivity contribution in [3.05, 3.63) is 221 Å². The number of fused-ring (bicyclic) bond motifs is 4. The number of carbonyl (C=O) groups excluding carboxylic acids is 1. The molecule has 346 valence electrons. The molecule has 11 aromatic rings. The predicted molar refractivity (Wildman–Crippen MR) is 282 cm³/mol. The Labute approximate surface area is 416 Å². The van der Waals surface area contributed by atoms with Crippen LogP contribution in [-0.4, -0.2) is 55.4 Å². The minimum absolute atomic E-state index is 0.334. The first-order chi connectivity index (χ1) is 34.6. The highest BCUT2D eigenvalue weighted by molar-refractivity contribution is 7.79. The molecule has 0 atom stereocenters. The number of rotatable bonds is 7. The highest BCUT2D eigenvalue weighted by Gasteiger charge is 2.15. The normalized spacial score (nSPS) is 10.8. The van der Waals surface area contributed by atoms with Crippen molar-refractivity contribution in [2.75, 3.05) is 0 Å². The summed E-state index contributed by atoms with van der Waals surface area (Å²) in [4.78, 5) is 36.4. The molecule has 5 aromatic carbocycles. The fraction of sp³-hybridized carbons (Fsp3) is 0.0893. The molecule has 13 nitrogen and oxygen atoms in total. The van der Waals surface area contributed by atoms with Gasteiger partial charge in [-0.05, 0) is 112 Å². The first-order valence-corrected chi connectivity index (χ1v) is 24.2. The summed E-state index contributed by atoms with van der Waals surface area (Å²) >= 11 is 5.64. The Morgan fingerprint density at radius 3 is 1.46 bits per heavy atom. The highest BCUT2D eigenvalue weighted by atomic mass is 35.5. The lowest BCUT2D eigenvalue weighted by atomic mass is 10.1. The van der Waals surface area contributed by atoms with E-state index in [-0.39, 0.29) is 0 Å². The van der Waals surface area contributed by atoms with Gasteiger partial charge in [0.05, 0.1) is 68.6 Å². The number of halogens is 1. The molecular weight excluding hydrogens is 923 g/mol. The fourth-order valence-electron chi connectivity index (χ4n) is 7.29. The molecule has 0 aliphatic carbocycles. The molecule has 0 amide bonds. The zero-order valence-electron chi connectivity index (χ0n) is 39.1. The fourth-order valence-corrected chi connectivity index (χ4v) is 9.71. The van der Waals surface area contributed by atoms with E-state index in [0.717, 1.165) is 61.6 Å². The number of hydrogen-bond donors (Lipinski definition) is 0. The van der Waals surface area contributed by atoms with Crippen molar-refractivity contribution in [2.24, 2.45) is 0 Å². The van der Waals surface area contributed by atoms with Crippen LogP contribution in [0.15, 0.2) is 164 Å². The van der Waals surface area contributed by atoms with Crippen LogP contribution in [0.4, 0.5) is 0 Å². The Bertz CT molecular complexity index is 3580. The molecule has 0 aliphatic heterocycles.